The first-order chi connectivity index (χ1) is 11.9. The zero-order chi connectivity index (χ0) is 19.7. The minimum absolute atomic E-state index is 0.122. The number of hydrogen-bond acceptors (Lipinski definition) is 4. The van der Waals surface area contributed by atoms with Gasteiger partial charge in [-0.15, -0.1) is 3.77 Å². The van der Waals surface area contributed by atoms with Crippen LogP contribution in [0.1, 0.15) is 22.3 Å². The monoisotopic (exact) mass is 395 g/mol. The lowest BCUT2D eigenvalue weighted by molar-refractivity contribution is -0.134. The molecule has 26 heavy (non-hydrogen) atoms. The predicted molar refractivity (Wildman–Crippen MR) is 100 cm³/mol. The van der Waals surface area contributed by atoms with Gasteiger partial charge >= 0.3 is 5.97 Å². The summed E-state index contributed by atoms with van der Waals surface area (Å²) < 4.78 is 42.4. The normalized spacial score (nSPS) is 13.8. The van der Waals surface area contributed by atoms with Crippen molar-refractivity contribution in [2.24, 2.45) is 3.77 Å². The molecule has 2 rings (SSSR count). The predicted octanol–water partition coefficient (Wildman–Crippen LogP) is 3.22. The number of carboxylic acid groups (broad SMARTS) is 1. The van der Waals surface area contributed by atoms with Crippen LogP contribution in [0.3, 0.4) is 0 Å². The molecular formula is C18H21NO5S2. The third-order valence-electron chi connectivity index (χ3n) is 3.78. The van der Waals surface area contributed by atoms with Gasteiger partial charge in [-0.3, -0.25) is 4.79 Å². The minimum Gasteiger partial charge on any atom is -0.481 e. The molecule has 1 unspecified atom stereocenters. The summed E-state index contributed by atoms with van der Waals surface area (Å²) in [4.78, 5) is 11.4. The maximum Gasteiger partial charge on any atom is 0.317 e. The van der Waals surface area contributed by atoms with Crippen LogP contribution in [0.4, 0.5) is 0 Å². The molecule has 0 aliphatic rings. The lowest BCUT2D eigenvalue weighted by atomic mass is 10.1. The molecular weight excluding hydrogens is 374 g/mol. The van der Waals surface area contributed by atoms with E-state index in [1.165, 1.54) is 12.1 Å². The summed E-state index contributed by atoms with van der Waals surface area (Å²) in [6.45, 7) is 7.00. The highest BCUT2D eigenvalue weighted by molar-refractivity contribution is 8.03. The molecule has 0 radical (unpaired) electrons. The lowest BCUT2D eigenvalue weighted by Crippen LogP contribution is -2.19. The Morgan fingerprint density at radius 1 is 0.923 bits per heavy atom. The maximum absolute atomic E-state index is 13.5. The Kier molecular flexibility index (Phi) is 5.58. The molecule has 0 spiro atoms. The number of hydrogen-bond donors (Lipinski definition) is 1. The van der Waals surface area contributed by atoms with Crippen molar-refractivity contribution in [2.45, 2.75) is 37.5 Å². The summed E-state index contributed by atoms with van der Waals surface area (Å²) in [5.41, 5.74) is 2.87. The number of sulfonamides is 1. The van der Waals surface area contributed by atoms with Crippen molar-refractivity contribution in [1.82, 2.24) is 0 Å². The number of carbonyl (C=O) groups is 1. The molecule has 0 bridgehead atoms. The van der Waals surface area contributed by atoms with Crippen LogP contribution in [0.5, 0.6) is 0 Å². The summed E-state index contributed by atoms with van der Waals surface area (Å²) in [5, 5.41) is 9.22. The number of aryl methyl sites for hydroxylation is 4. The first-order valence-electron chi connectivity index (χ1n) is 7.82. The number of aliphatic carboxylic acids is 1. The first-order valence-corrected chi connectivity index (χ1v) is 10.9. The fourth-order valence-electron chi connectivity index (χ4n) is 2.88. The second kappa shape index (κ2) is 7.20. The van der Waals surface area contributed by atoms with Gasteiger partial charge in [0.25, 0.3) is 10.0 Å². The topological polar surface area (TPSA) is 101 Å². The summed E-state index contributed by atoms with van der Waals surface area (Å²) in [7, 11) is -8.01. The number of benzene rings is 2. The Morgan fingerprint density at radius 3 is 1.88 bits per heavy atom. The highest BCUT2D eigenvalue weighted by Crippen LogP contribution is 2.27. The van der Waals surface area contributed by atoms with Crippen LogP contribution in [-0.2, 0) is 24.5 Å². The van der Waals surface area contributed by atoms with Crippen molar-refractivity contribution in [3.63, 3.8) is 0 Å². The molecule has 0 saturated carbocycles. The zero-order valence-electron chi connectivity index (χ0n) is 15.0. The van der Waals surface area contributed by atoms with Gasteiger partial charge in [-0.1, -0.05) is 35.4 Å². The lowest BCUT2D eigenvalue weighted by Gasteiger charge is -2.15. The van der Waals surface area contributed by atoms with E-state index in [1.807, 2.05) is 6.92 Å². The van der Waals surface area contributed by atoms with Gasteiger partial charge in [-0.2, -0.15) is 8.42 Å². The van der Waals surface area contributed by atoms with Crippen molar-refractivity contribution in [3.05, 3.63) is 58.7 Å². The van der Waals surface area contributed by atoms with Crippen molar-refractivity contribution in [3.8, 4) is 0 Å². The van der Waals surface area contributed by atoms with Crippen molar-refractivity contribution in [2.75, 3.05) is 5.75 Å². The first kappa shape index (κ1) is 20.1. The van der Waals surface area contributed by atoms with Crippen LogP contribution in [0, 0.1) is 27.7 Å². The Labute approximate surface area is 154 Å². The average molecular weight is 396 g/mol. The van der Waals surface area contributed by atoms with Crippen LogP contribution in [0.15, 0.2) is 50.0 Å². The van der Waals surface area contributed by atoms with Crippen molar-refractivity contribution >= 4 is 25.7 Å². The fourth-order valence-corrected chi connectivity index (χ4v) is 7.09. The van der Waals surface area contributed by atoms with Gasteiger partial charge in [0.05, 0.1) is 9.79 Å². The Morgan fingerprint density at radius 2 is 1.42 bits per heavy atom. The Hall–Kier alpha value is -2.19. The highest BCUT2D eigenvalue weighted by atomic mass is 32.3. The molecule has 1 atom stereocenters. The van der Waals surface area contributed by atoms with Gasteiger partial charge < -0.3 is 5.11 Å². The van der Waals surface area contributed by atoms with Gasteiger partial charge in [-0.05, 0) is 51.0 Å². The van der Waals surface area contributed by atoms with Gasteiger partial charge in [0.15, 0.2) is 0 Å². The van der Waals surface area contributed by atoms with Gasteiger partial charge in [-0.25, -0.2) is 4.21 Å². The molecule has 0 fully saturated rings. The second-order valence-corrected chi connectivity index (χ2v) is 10.3. The van der Waals surface area contributed by atoms with Crippen LogP contribution in [0.25, 0.3) is 0 Å². The molecule has 8 heteroatoms. The number of carboxylic acids is 1. The molecule has 0 aromatic heterocycles. The largest absolute Gasteiger partial charge is 0.481 e. The standard InChI is InChI=1S/C18H21NO5S2/c1-12-5-7-16(8-6-12)26(23,24)19-25(22,11-17(20)21)18-14(3)9-13(2)10-15(18)4/h5-10H,11H2,1-4H3,(H,20,21). The molecule has 6 nitrogen and oxygen atoms in total. The van der Waals surface area contributed by atoms with Crippen LogP contribution in [-0.4, -0.2) is 29.5 Å². The Bertz CT molecular complexity index is 1050. The van der Waals surface area contributed by atoms with Gasteiger partial charge in [0, 0.05) is 0 Å². The van der Waals surface area contributed by atoms with Gasteiger partial charge in [0.2, 0.25) is 0 Å². The van der Waals surface area contributed by atoms with Crippen LogP contribution < -0.4 is 0 Å². The molecule has 1 N–H and O–H groups in total. The van der Waals surface area contributed by atoms with E-state index >= 15 is 0 Å². The molecule has 0 aliphatic carbocycles. The Balaban J connectivity index is 2.79. The number of rotatable bonds is 5. The molecule has 0 heterocycles. The van der Waals surface area contributed by atoms with E-state index < -0.39 is 31.5 Å². The fraction of sp³-hybridized carbons (Fsp3) is 0.278. The third-order valence-corrected chi connectivity index (χ3v) is 8.32. The zero-order valence-corrected chi connectivity index (χ0v) is 16.6. The molecule has 2 aromatic carbocycles. The molecule has 0 saturated heterocycles. The van der Waals surface area contributed by atoms with E-state index in [0.717, 1.165) is 11.1 Å². The number of nitrogens with zero attached hydrogens (tertiary/aromatic N) is 1. The van der Waals surface area contributed by atoms with Gasteiger partial charge in [0.1, 0.15) is 15.5 Å². The summed E-state index contributed by atoms with van der Waals surface area (Å²) in [6, 6.07) is 9.40. The SMILES string of the molecule is Cc1ccc(S(=O)(=O)N=S(=O)(CC(=O)O)c2c(C)cc(C)cc2C)cc1. The van der Waals surface area contributed by atoms with Crippen LogP contribution in [0.2, 0.25) is 0 Å². The second-order valence-electron chi connectivity index (χ2n) is 6.27. The summed E-state index contributed by atoms with van der Waals surface area (Å²) >= 11 is 0. The highest BCUT2D eigenvalue weighted by Gasteiger charge is 2.26. The molecule has 140 valence electrons. The van der Waals surface area contributed by atoms with Crippen molar-refractivity contribution < 1.29 is 22.5 Å². The smallest absolute Gasteiger partial charge is 0.317 e. The maximum atomic E-state index is 13.5. The van der Waals surface area contributed by atoms with E-state index in [9.17, 15) is 22.5 Å². The van der Waals surface area contributed by atoms with E-state index in [0.29, 0.717) is 11.1 Å². The quantitative estimate of drug-likeness (QED) is 0.838. The molecule has 0 aliphatic heterocycles. The summed E-state index contributed by atoms with van der Waals surface area (Å²) in [5.74, 6) is -2.26. The van der Waals surface area contributed by atoms with E-state index in [1.54, 1.807) is 45.0 Å². The van der Waals surface area contributed by atoms with Crippen molar-refractivity contribution in [1.29, 1.82) is 0 Å². The van der Waals surface area contributed by atoms with Crippen LogP contribution >= 0.6 is 0 Å². The summed E-state index contributed by atoms with van der Waals surface area (Å²) in [6.07, 6.45) is 0. The molecule has 0 amide bonds. The van der Waals surface area contributed by atoms with E-state index in [2.05, 4.69) is 3.77 Å². The average Bonchev–Trinajstić information content (AvgIpc) is 2.44. The van der Waals surface area contributed by atoms with E-state index in [-0.39, 0.29) is 9.79 Å². The minimum atomic E-state index is -4.29. The molecule has 2 aromatic rings. The van der Waals surface area contributed by atoms with E-state index in [4.69, 9.17) is 0 Å². The third kappa shape index (κ3) is 4.31.